The molecule has 1 aliphatic rings. The van der Waals surface area contributed by atoms with Crippen molar-refractivity contribution in [2.45, 2.75) is 6.54 Å². The van der Waals surface area contributed by atoms with Crippen LogP contribution in [0.3, 0.4) is 0 Å². The fourth-order valence-electron chi connectivity index (χ4n) is 3.05. The molecule has 0 aliphatic carbocycles. The van der Waals surface area contributed by atoms with Gasteiger partial charge in [0.25, 0.3) is 11.6 Å². The van der Waals surface area contributed by atoms with E-state index in [-0.39, 0.29) is 23.8 Å². The van der Waals surface area contributed by atoms with Gasteiger partial charge >= 0.3 is 5.97 Å². The van der Waals surface area contributed by atoms with Crippen molar-refractivity contribution in [2.24, 2.45) is 0 Å². The van der Waals surface area contributed by atoms with Crippen molar-refractivity contribution in [3.8, 4) is 0 Å². The first kappa shape index (κ1) is 19.5. The van der Waals surface area contributed by atoms with Crippen LogP contribution in [0.15, 0.2) is 54.6 Å². The summed E-state index contributed by atoms with van der Waals surface area (Å²) in [6, 6.07) is 15.4. The van der Waals surface area contributed by atoms with Crippen LogP contribution in [0.5, 0.6) is 0 Å². The van der Waals surface area contributed by atoms with Crippen LogP contribution in [-0.4, -0.2) is 59.4 Å². The Morgan fingerprint density at radius 1 is 1.00 bits per heavy atom. The molecule has 1 saturated heterocycles. The van der Waals surface area contributed by atoms with Crippen LogP contribution >= 0.6 is 0 Å². The molecule has 2 aromatic rings. The van der Waals surface area contributed by atoms with Crippen LogP contribution < -0.4 is 0 Å². The summed E-state index contributed by atoms with van der Waals surface area (Å²) in [6.45, 7) is 3.10. The van der Waals surface area contributed by atoms with Crippen molar-refractivity contribution in [3.63, 3.8) is 0 Å². The lowest BCUT2D eigenvalue weighted by Crippen LogP contribution is -2.49. The van der Waals surface area contributed by atoms with Crippen molar-refractivity contribution in [3.05, 3.63) is 75.8 Å². The normalized spacial score (nSPS) is 14.5. The maximum Gasteiger partial charge on any atom is 0.338 e. The first-order valence-corrected chi connectivity index (χ1v) is 8.98. The molecule has 1 amide bonds. The van der Waals surface area contributed by atoms with Crippen molar-refractivity contribution < 1.29 is 19.2 Å². The summed E-state index contributed by atoms with van der Waals surface area (Å²) in [5.74, 6) is -1.02. The smallest absolute Gasteiger partial charge is 0.338 e. The number of amides is 1. The second-order valence-electron chi connectivity index (χ2n) is 6.53. The summed E-state index contributed by atoms with van der Waals surface area (Å²) in [5.41, 5.74) is 1.08. The van der Waals surface area contributed by atoms with E-state index in [1.807, 2.05) is 18.2 Å². The van der Waals surface area contributed by atoms with Crippen molar-refractivity contribution in [1.82, 2.24) is 9.80 Å². The Morgan fingerprint density at radius 2 is 1.71 bits per heavy atom. The number of benzene rings is 2. The summed E-state index contributed by atoms with van der Waals surface area (Å²) in [7, 11) is 0. The largest absolute Gasteiger partial charge is 0.452 e. The van der Waals surface area contributed by atoms with Gasteiger partial charge in [0.05, 0.1) is 10.5 Å². The molecule has 28 heavy (non-hydrogen) atoms. The molecule has 0 N–H and O–H groups in total. The zero-order valence-corrected chi connectivity index (χ0v) is 15.3. The second-order valence-corrected chi connectivity index (χ2v) is 6.53. The van der Waals surface area contributed by atoms with E-state index < -0.39 is 10.9 Å². The third kappa shape index (κ3) is 5.14. The molecule has 3 rings (SSSR count). The topological polar surface area (TPSA) is 93.0 Å². The van der Waals surface area contributed by atoms with Crippen molar-refractivity contribution >= 4 is 17.6 Å². The number of non-ortho nitro benzene ring substituents is 1. The summed E-state index contributed by atoms with van der Waals surface area (Å²) in [5, 5.41) is 10.8. The maximum absolute atomic E-state index is 12.3. The number of carbonyl (C=O) groups excluding carboxylic acids is 2. The fourth-order valence-corrected chi connectivity index (χ4v) is 3.05. The lowest BCUT2D eigenvalue weighted by molar-refractivity contribution is -0.384. The average Bonchev–Trinajstić information content (AvgIpc) is 2.73. The summed E-state index contributed by atoms with van der Waals surface area (Å²) in [6.07, 6.45) is 0. The van der Waals surface area contributed by atoms with E-state index in [2.05, 4.69) is 17.0 Å². The minimum absolute atomic E-state index is 0.0506. The molecule has 0 atom stereocenters. The minimum atomic E-state index is -0.750. The number of piperazine rings is 1. The highest BCUT2D eigenvalue weighted by atomic mass is 16.6. The lowest BCUT2D eigenvalue weighted by Gasteiger charge is -2.34. The molecule has 2 aromatic carbocycles. The van der Waals surface area contributed by atoms with E-state index in [0.717, 1.165) is 25.7 Å². The molecule has 0 aromatic heterocycles. The van der Waals surface area contributed by atoms with Gasteiger partial charge in [0.2, 0.25) is 0 Å². The zero-order valence-electron chi connectivity index (χ0n) is 15.3. The third-order valence-electron chi connectivity index (χ3n) is 4.59. The SMILES string of the molecule is O=C(OCC(=O)N1CCN(Cc2ccccc2)CC1)c1cccc([N+](=O)[O-])c1. The monoisotopic (exact) mass is 383 g/mol. The molecule has 0 unspecified atom stereocenters. The number of nitro groups is 1. The van der Waals surface area contributed by atoms with E-state index in [1.54, 1.807) is 4.90 Å². The molecular weight excluding hydrogens is 362 g/mol. The van der Waals surface area contributed by atoms with E-state index in [0.29, 0.717) is 13.1 Å². The predicted octanol–water partition coefficient (Wildman–Crippen LogP) is 2.10. The Hall–Kier alpha value is -3.26. The van der Waals surface area contributed by atoms with Gasteiger partial charge in [0.15, 0.2) is 6.61 Å². The first-order chi connectivity index (χ1) is 13.5. The Kier molecular flexibility index (Phi) is 6.33. The van der Waals surface area contributed by atoms with Crippen LogP contribution in [0.2, 0.25) is 0 Å². The number of nitro benzene ring substituents is 1. The molecule has 8 nitrogen and oxygen atoms in total. The molecule has 0 spiro atoms. The van der Waals surface area contributed by atoms with Crippen LogP contribution in [0.25, 0.3) is 0 Å². The van der Waals surface area contributed by atoms with E-state index in [9.17, 15) is 19.7 Å². The van der Waals surface area contributed by atoms with Gasteiger partial charge in [-0.2, -0.15) is 0 Å². The molecule has 1 fully saturated rings. The van der Waals surface area contributed by atoms with Gasteiger partial charge in [-0.3, -0.25) is 19.8 Å². The number of carbonyl (C=O) groups is 2. The molecule has 1 aliphatic heterocycles. The van der Waals surface area contributed by atoms with Gasteiger partial charge in [-0.1, -0.05) is 36.4 Å². The third-order valence-corrected chi connectivity index (χ3v) is 4.59. The van der Waals surface area contributed by atoms with E-state index in [1.165, 1.54) is 23.8 Å². The van der Waals surface area contributed by atoms with Gasteiger partial charge in [0.1, 0.15) is 0 Å². The van der Waals surface area contributed by atoms with Gasteiger partial charge < -0.3 is 9.64 Å². The molecule has 1 heterocycles. The average molecular weight is 383 g/mol. The number of ether oxygens (including phenoxy) is 1. The number of rotatable bonds is 6. The van der Waals surface area contributed by atoms with Crippen LogP contribution in [-0.2, 0) is 16.1 Å². The number of esters is 1. The van der Waals surface area contributed by atoms with Crippen LogP contribution in [0, 0.1) is 10.1 Å². The number of nitrogens with zero attached hydrogens (tertiary/aromatic N) is 3. The second kappa shape index (κ2) is 9.09. The summed E-state index contributed by atoms with van der Waals surface area (Å²) < 4.78 is 5.03. The quantitative estimate of drug-likeness (QED) is 0.431. The van der Waals surface area contributed by atoms with E-state index >= 15 is 0 Å². The Bertz CT molecular complexity index is 848. The molecule has 146 valence electrons. The Balaban J connectivity index is 1.45. The molecule has 0 radical (unpaired) electrons. The first-order valence-electron chi connectivity index (χ1n) is 8.98. The molecule has 8 heteroatoms. The Labute approximate surface area is 162 Å². The molecule has 0 saturated carbocycles. The highest BCUT2D eigenvalue weighted by Crippen LogP contribution is 2.14. The summed E-state index contributed by atoms with van der Waals surface area (Å²) in [4.78, 5) is 38.5. The van der Waals surface area contributed by atoms with E-state index in [4.69, 9.17) is 4.74 Å². The minimum Gasteiger partial charge on any atom is -0.452 e. The maximum atomic E-state index is 12.3. The number of hydrogen-bond donors (Lipinski definition) is 0. The Morgan fingerprint density at radius 3 is 2.39 bits per heavy atom. The number of hydrogen-bond acceptors (Lipinski definition) is 6. The van der Waals surface area contributed by atoms with Gasteiger partial charge in [-0.15, -0.1) is 0 Å². The lowest BCUT2D eigenvalue weighted by atomic mass is 10.2. The fraction of sp³-hybridized carbons (Fsp3) is 0.300. The van der Waals surface area contributed by atoms with Gasteiger partial charge in [-0.25, -0.2) is 4.79 Å². The summed E-state index contributed by atoms with van der Waals surface area (Å²) >= 11 is 0. The van der Waals surface area contributed by atoms with Crippen molar-refractivity contribution in [1.29, 1.82) is 0 Å². The molecule has 0 bridgehead atoms. The van der Waals surface area contributed by atoms with Gasteiger partial charge in [-0.05, 0) is 11.6 Å². The van der Waals surface area contributed by atoms with Crippen LogP contribution in [0.4, 0.5) is 5.69 Å². The molecular formula is C20H21N3O5. The van der Waals surface area contributed by atoms with Crippen LogP contribution in [0.1, 0.15) is 15.9 Å². The predicted molar refractivity (Wildman–Crippen MR) is 102 cm³/mol. The highest BCUT2D eigenvalue weighted by molar-refractivity contribution is 5.91. The van der Waals surface area contributed by atoms with Gasteiger partial charge in [0, 0.05) is 44.9 Å². The van der Waals surface area contributed by atoms with Crippen molar-refractivity contribution in [2.75, 3.05) is 32.8 Å². The standard InChI is InChI=1S/C20H21N3O5/c24-19(15-28-20(25)17-7-4-8-18(13-17)23(26)27)22-11-9-21(10-12-22)14-16-5-2-1-3-6-16/h1-8,13H,9-12,14-15H2. The highest BCUT2D eigenvalue weighted by Gasteiger charge is 2.22. The zero-order chi connectivity index (χ0) is 19.9.